The zero-order valence-corrected chi connectivity index (χ0v) is 7.58. The van der Waals surface area contributed by atoms with Gasteiger partial charge < -0.3 is 10.5 Å². The van der Waals surface area contributed by atoms with Crippen LogP contribution in [0.15, 0.2) is 24.3 Å². The van der Waals surface area contributed by atoms with Crippen molar-refractivity contribution in [3.05, 3.63) is 29.8 Å². The molecule has 0 saturated heterocycles. The molecule has 0 heterocycles. The summed E-state index contributed by atoms with van der Waals surface area (Å²) < 4.78 is 5.52. The first kappa shape index (κ1) is 9.07. The Morgan fingerprint density at radius 1 is 1.50 bits per heavy atom. The summed E-state index contributed by atoms with van der Waals surface area (Å²) in [7, 11) is 0. The summed E-state index contributed by atoms with van der Waals surface area (Å²) in [5.74, 6) is 0.896. The van der Waals surface area contributed by atoms with E-state index in [1.54, 1.807) is 0 Å². The van der Waals surface area contributed by atoms with Gasteiger partial charge in [0, 0.05) is 6.54 Å². The van der Waals surface area contributed by atoms with Crippen LogP contribution in [0.1, 0.15) is 12.5 Å². The van der Waals surface area contributed by atoms with Gasteiger partial charge in [0.05, 0.1) is 0 Å². The number of hydrogen-bond acceptors (Lipinski definition) is 2. The maximum Gasteiger partial charge on any atom is 0.120 e. The molecule has 0 amide bonds. The quantitative estimate of drug-likeness (QED) is 0.740. The fourth-order valence-corrected chi connectivity index (χ4v) is 0.969. The topological polar surface area (TPSA) is 35.2 Å². The van der Waals surface area contributed by atoms with Gasteiger partial charge >= 0.3 is 0 Å². The summed E-state index contributed by atoms with van der Waals surface area (Å²) in [6, 6.07) is 7.97. The summed E-state index contributed by atoms with van der Waals surface area (Å²) in [4.78, 5) is 0. The molecule has 1 rings (SSSR count). The van der Waals surface area contributed by atoms with Gasteiger partial charge in [-0.25, -0.2) is 0 Å². The second-order valence-corrected chi connectivity index (χ2v) is 2.98. The average molecular weight is 165 g/mol. The lowest BCUT2D eigenvalue weighted by molar-refractivity contribution is 0.230. The van der Waals surface area contributed by atoms with E-state index in [9.17, 15) is 0 Å². The highest BCUT2D eigenvalue weighted by atomic mass is 16.5. The molecule has 0 aromatic heterocycles. The van der Waals surface area contributed by atoms with E-state index < -0.39 is 0 Å². The number of hydrogen-bond donors (Lipinski definition) is 1. The normalized spacial score (nSPS) is 12.6. The van der Waals surface area contributed by atoms with Gasteiger partial charge in [-0.1, -0.05) is 12.1 Å². The predicted octanol–water partition coefficient (Wildman–Crippen LogP) is 1.72. The monoisotopic (exact) mass is 165 g/mol. The molecule has 2 nitrogen and oxygen atoms in total. The molecular weight excluding hydrogens is 150 g/mol. The fourth-order valence-electron chi connectivity index (χ4n) is 0.969. The van der Waals surface area contributed by atoms with Gasteiger partial charge in [-0.3, -0.25) is 0 Å². The van der Waals surface area contributed by atoms with Crippen LogP contribution in [0.4, 0.5) is 0 Å². The minimum absolute atomic E-state index is 0.0896. The smallest absolute Gasteiger partial charge is 0.120 e. The molecule has 1 aromatic rings. The van der Waals surface area contributed by atoms with Crippen LogP contribution in [0.3, 0.4) is 0 Å². The molecule has 1 atom stereocenters. The number of benzene rings is 1. The summed E-state index contributed by atoms with van der Waals surface area (Å²) >= 11 is 0. The molecule has 0 fully saturated rings. The highest BCUT2D eigenvalue weighted by Crippen LogP contribution is 2.13. The highest BCUT2D eigenvalue weighted by Gasteiger charge is 1.99. The van der Waals surface area contributed by atoms with Gasteiger partial charge in [0.15, 0.2) is 0 Å². The fraction of sp³-hybridized carbons (Fsp3) is 0.400. The van der Waals surface area contributed by atoms with Gasteiger partial charge in [-0.15, -0.1) is 0 Å². The van der Waals surface area contributed by atoms with Crippen molar-refractivity contribution in [1.82, 2.24) is 0 Å². The first-order valence-corrected chi connectivity index (χ1v) is 4.16. The molecule has 0 saturated carbocycles. The van der Waals surface area contributed by atoms with Crippen molar-refractivity contribution < 1.29 is 4.74 Å². The molecule has 0 radical (unpaired) electrons. The molecule has 0 aliphatic heterocycles. The molecular formula is C10H15NO. The summed E-state index contributed by atoms with van der Waals surface area (Å²) in [5, 5.41) is 0. The van der Waals surface area contributed by atoms with Crippen LogP contribution in [-0.2, 0) is 0 Å². The van der Waals surface area contributed by atoms with E-state index in [-0.39, 0.29) is 6.10 Å². The second kappa shape index (κ2) is 4.12. The third-order valence-corrected chi connectivity index (χ3v) is 1.66. The zero-order valence-electron chi connectivity index (χ0n) is 7.58. The zero-order chi connectivity index (χ0) is 8.97. The first-order chi connectivity index (χ1) is 5.72. The van der Waals surface area contributed by atoms with E-state index in [1.807, 2.05) is 38.1 Å². The standard InChI is InChI=1S/C10H15NO/c1-8-4-3-5-10(6-8)12-9(2)7-11/h3-6,9H,7,11H2,1-2H3. The maximum atomic E-state index is 5.52. The molecule has 1 aromatic carbocycles. The summed E-state index contributed by atoms with van der Waals surface area (Å²) in [6.45, 7) is 4.55. The van der Waals surface area contributed by atoms with Crippen molar-refractivity contribution in [2.45, 2.75) is 20.0 Å². The van der Waals surface area contributed by atoms with Gasteiger partial charge in [0.1, 0.15) is 11.9 Å². The molecule has 1 unspecified atom stereocenters. The van der Waals surface area contributed by atoms with Gasteiger partial charge in [-0.2, -0.15) is 0 Å². The SMILES string of the molecule is Cc1cccc(OC(C)CN)c1. The number of ether oxygens (including phenoxy) is 1. The minimum atomic E-state index is 0.0896. The van der Waals surface area contributed by atoms with Crippen molar-refractivity contribution in [2.75, 3.05) is 6.54 Å². The largest absolute Gasteiger partial charge is 0.489 e. The van der Waals surface area contributed by atoms with E-state index >= 15 is 0 Å². The maximum absolute atomic E-state index is 5.52. The van der Waals surface area contributed by atoms with Gasteiger partial charge in [-0.05, 0) is 31.5 Å². The van der Waals surface area contributed by atoms with E-state index in [2.05, 4.69) is 0 Å². The number of aryl methyl sites for hydroxylation is 1. The molecule has 0 bridgehead atoms. The summed E-state index contributed by atoms with van der Waals surface area (Å²) in [5.41, 5.74) is 6.64. The minimum Gasteiger partial charge on any atom is -0.489 e. The Morgan fingerprint density at radius 3 is 2.83 bits per heavy atom. The van der Waals surface area contributed by atoms with E-state index in [0.29, 0.717) is 6.54 Å². The Hall–Kier alpha value is -1.02. The van der Waals surface area contributed by atoms with Crippen molar-refractivity contribution in [3.8, 4) is 5.75 Å². The number of rotatable bonds is 3. The molecule has 2 N–H and O–H groups in total. The van der Waals surface area contributed by atoms with Crippen LogP contribution in [0.5, 0.6) is 5.75 Å². The van der Waals surface area contributed by atoms with Crippen molar-refractivity contribution in [2.24, 2.45) is 5.73 Å². The molecule has 0 aliphatic rings. The van der Waals surface area contributed by atoms with Gasteiger partial charge in [0.25, 0.3) is 0 Å². The first-order valence-electron chi connectivity index (χ1n) is 4.16. The van der Waals surface area contributed by atoms with Crippen LogP contribution in [0, 0.1) is 6.92 Å². The van der Waals surface area contributed by atoms with Crippen LogP contribution in [0.2, 0.25) is 0 Å². The molecule has 0 spiro atoms. The third kappa shape index (κ3) is 2.55. The lowest BCUT2D eigenvalue weighted by atomic mass is 10.2. The van der Waals surface area contributed by atoms with Crippen LogP contribution in [-0.4, -0.2) is 12.6 Å². The average Bonchev–Trinajstić information content (AvgIpc) is 2.04. The molecule has 0 aliphatic carbocycles. The third-order valence-electron chi connectivity index (χ3n) is 1.66. The predicted molar refractivity (Wildman–Crippen MR) is 50.3 cm³/mol. The van der Waals surface area contributed by atoms with E-state index in [1.165, 1.54) is 5.56 Å². The Balaban J connectivity index is 2.63. The summed E-state index contributed by atoms with van der Waals surface area (Å²) in [6.07, 6.45) is 0.0896. The molecule has 66 valence electrons. The van der Waals surface area contributed by atoms with Crippen molar-refractivity contribution in [1.29, 1.82) is 0 Å². The Kier molecular flexibility index (Phi) is 3.11. The van der Waals surface area contributed by atoms with Crippen LogP contribution < -0.4 is 10.5 Å². The Bertz CT molecular complexity index is 247. The Labute approximate surface area is 73.3 Å². The highest BCUT2D eigenvalue weighted by molar-refractivity contribution is 5.27. The number of nitrogens with two attached hydrogens (primary N) is 1. The second-order valence-electron chi connectivity index (χ2n) is 2.98. The van der Waals surface area contributed by atoms with Crippen LogP contribution in [0.25, 0.3) is 0 Å². The molecule has 12 heavy (non-hydrogen) atoms. The van der Waals surface area contributed by atoms with Crippen molar-refractivity contribution in [3.63, 3.8) is 0 Å². The Morgan fingerprint density at radius 2 is 2.25 bits per heavy atom. The lowest BCUT2D eigenvalue weighted by Gasteiger charge is -2.12. The van der Waals surface area contributed by atoms with Crippen LogP contribution >= 0.6 is 0 Å². The van der Waals surface area contributed by atoms with Gasteiger partial charge in [0.2, 0.25) is 0 Å². The lowest BCUT2D eigenvalue weighted by Crippen LogP contribution is -2.22. The van der Waals surface area contributed by atoms with E-state index in [0.717, 1.165) is 5.75 Å². The van der Waals surface area contributed by atoms with Crippen molar-refractivity contribution >= 4 is 0 Å². The molecule has 2 heteroatoms. The van der Waals surface area contributed by atoms with E-state index in [4.69, 9.17) is 10.5 Å².